The fraction of sp³-hybridized carbons (Fsp3) is 0.556. The molecule has 1 aromatic rings. The Bertz CT molecular complexity index is 358. The molecule has 1 aliphatic carbocycles. The van der Waals surface area contributed by atoms with Crippen LogP contribution in [0.25, 0.3) is 0 Å². The van der Waals surface area contributed by atoms with E-state index in [1.165, 1.54) is 17.0 Å². The molecule has 1 unspecified atom stereocenters. The van der Waals surface area contributed by atoms with Gasteiger partial charge in [-0.2, -0.15) is 0 Å². The minimum absolute atomic E-state index is 0.0378. The van der Waals surface area contributed by atoms with Crippen LogP contribution in [0.3, 0.4) is 0 Å². The van der Waals surface area contributed by atoms with Gasteiger partial charge in [0, 0.05) is 4.88 Å². The number of hydrogen-bond acceptors (Lipinski definition) is 3. The van der Waals surface area contributed by atoms with Crippen molar-refractivity contribution in [2.24, 2.45) is 11.7 Å². The zero-order valence-corrected chi connectivity index (χ0v) is 8.95. The Hall–Kier alpha value is -1.10. The van der Waals surface area contributed by atoms with Crippen LogP contribution in [0.15, 0.2) is 0 Å². The fourth-order valence-electron chi connectivity index (χ4n) is 1.72. The Morgan fingerprint density at radius 3 is 3.21 bits per heavy atom. The van der Waals surface area contributed by atoms with Gasteiger partial charge in [0.05, 0.1) is 5.69 Å². The van der Waals surface area contributed by atoms with E-state index in [4.69, 9.17) is 11.1 Å². The van der Waals surface area contributed by atoms with Crippen molar-refractivity contribution in [2.45, 2.75) is 26.2 Å². The average molecular weight is 210 g/mol. The second-order valence-electron chi connectivity index (χ2n) is 3.78. The quantitative estimate of drug-likeness (QED) is 0.486. The predicted molar refractivity (Wildman–Crippen MR) is 58.8 cm³/mol. The Morgan fingerprint density at radius 1 is 1.71 bits per heavy atom. The lowest BCUT2D eigenvalue weighted by Crippen LogP contribution is -2.20. The fourth-order valence-corrected chi connectivity index (χ4v) is 2.73. The SMILES string of the molecule is CC1CCc2sc(NC(=N)N)nc2C1. The van der Waals surface area contributed by atoms with Gasteiger partial charge in [-0.05, 0) is 25.2 Å². The first-order valence-corrected chi connectivity index (χ1v) is 5.56. The largest absolute Gasteiger partial charge is 0.370 e. The summed E-state index contributed by atoms with van der Waals surface area (Å²) < 4.78 is 0. The number of anilines is 1. The summed E-state index contributed by atoms with van der Waals surface area (Å²) in [5, 5.41) is 10.6. The summed E-state index contributed by atoms with van der Waals surface area (Å²) in [5.74, 6) is 0.693. The summed E-state index contributed by atoms with van der Waals surface area (Å²) >= 11 is 1.62. The predicted octanol–water partition coefficient (Wildman–Crippen LogP) is 1.57. The molecule has 2 rings (SSSR count). The molecule has 1 atom stereocenters. The zero-order valence-electron chi connectivity index (χ0n) is 8.13. The first-order valence-electron chi connectivity index (χ1n) is 4.75. The van der Waals surface area contributed by atoms with Crippen molar-refractivity contribution in [3.63, 3.8) is 0 Å². The van der Waals surface area contributed by atoms with Gasteiger partial charge in [-0.15, -0.1) is 11.3 Å². The molecule has 0 fully saturated rings. The van der Waals surface area contributed by atoms with Gasteiger partial charge in [-0.1, -0.05) is 6.92 Å². The van der Waals surface area contributed by atoms with E-state index in [1.54, 1.807) is 11.3 Å². The molecule has 0 saturated carbocycles. The second kappa shape index (κ2) is 3.57. The van der Waals surface area contributed by atoms with Crippen LogP contribution in [-0.4, -0.2) is 10.9 Å². The number of hydrogen-bond donors (Lipinski definition) is 3. The molecule has 5 heteroatoms. The summed E-state index contributed by atoms with van der Waals surface area (Å²) in [6.45, 7) is 2.25. The van der Waals surface area contributed by atoms with Crippen molar-refractivity contribution in [3.8, 4) is 0 Å². The van der Waals surface area contributed by atoms with E-state index >= 15 is 0 Å². The van der Waals surface area contributed by atoms with Gasteiger partial charge >= 0.3 is 0 Å². The average Bonchev–Trinajstić information content (AvgIpc) is 2.44. The molecule has 0 bridgehead atoms. The van der Waals surface area contributed by atoms with Gasteiger partial charge in [0.1, 0.15) is 0 Å². The van der Waals surface area contributed by atoms with E-state index in [9.17, 15) is 0 Å². The lowest BCUT2D eigenvalue weighted by atomic mass is 9.93. The normalized spacial score (nSPS) is 20.2. The number of rotatable bonds is 1. The third kappa shape index (κ3) is 1.87. The third-order valence-corrected chi connectivity index (χ3v) is 3.50. The molecule has 0 radical (unpaired) electrons. The number of aryl methyl sites for hydroxylation is 1. The molecule has 14 heavy (non-hydrogen) atoms. The number of thiazole rings is 1. The molecule has 1 heterocycles. The van der Waals surface area contributed by atoms with E-state index < -0.39 is 0 Å². The molecule has 4 N–H and O–H groups in total. The van der Waals surface area contributed by atoms with E-state index in [2.05, 4.69) is 17.2 Å². The van der Waals surface area contributed by atoms with Crippen molar-refractivity contribution < 1.29 is 0 Å². The molecule has 76 valence electrons. The highest BCUT2D eigenvalue weighted by Gasteiger charge is 2.19. The molecule has 1 aliphatic rings. The van der Waals surface area contributed by atoms with E-state index in [0.29, 0.717) is 0 Å². The zero-order chi connectivity index (χ0) is 10.1. The minimum atomic E-state index is -0.0378. The smallest absolute Gasteiger partial charge is 0.192 e. The van der Waals surface area contributed by atoms with Crippen LogP contribution in [-0.2, 0) is 12.8 Å². The Labute approximate surface area is 87.1 Å². The second-order valence-corrected chi connectivity index (χ2v) is 4.86. The topological polar surface area (TPSA) is 74.8 Å². The van der Waals surface area contributed by atoms with Crippen LogP contribution in [0.4, 0.5) is 5.13 Å². The van der Waals surface area contributed by atoms with Crippen LogP contribution < -0.4 is 11.1 Å². The monoisotopic (exact) mass is 210 g/mol. The number of aromatic nitrogens is 1. The first-order chi connectivity index (χ1) is 6.65. The maximum atomic E-state index is 7.11. The molecule has 0 spiro atoms. The molecule has 1 aromatic heterocycles. The van der Waals surface area contributed by atoms with Gasteiger partial charge in [0.2, 0.25) is 0 Å². The van der Waals surface area contributed by atoms with E-state index in [-0.39, 0.29) is 5.96 Å². The molecule has 0 amide bonds. The van der Waals surface area contributed by atoms with Crippen molar-refractivity contribution >= 4 is 22.4 Å². The van der Waals surface area contributed by atoms with Gasteiger partial charge in [-0.25, -0.2) is 4.98 Å². The number of nitrogens with one attached hydrogen (secondary N) is 2. The van der Waals surface area contributed by atoms with Gasteiger partial charge in [0.15, 0.2) is 11.1 Å². The summed E-state index contributed by atoms with van der Waals surface area (Å²) in [7, 11) is 0. The highest BCUT2D eigenvalue weighted by Crippen LogP contribution is 2.31. The first kappa shape index (κ1) is 9.45. The lowest BCUT2D eigenvalue weighted by Gasteiger charge is -2.15. The number of fused-ring (bicyclic) bond motifs is 1. The summed E-state index contributed by atoms with van der Waals surface area (Å²) in [5.41, 5.74) is 6.44. The molecular weight excluding hydrogens is 196 g/mol. The molecule has 0 aliphatic heterocycles. The third-order valence-electron chi connectivity index (χ3n) is 2.43. The van der Waals surface area contributed by atoms with Crippen molar-refractivity contribution in [1.82, 2.24) is 4.98 Å². The van der Waals surface area contributed by atoms with Gasteiger partial charge < -0.3 is 11.1 Å². The lowest BCUT2D eigenvalue weighted by molar-refractivity contribution is 0.499. The van der Waals surface area contributed by atoms with Crippen LogP contribution in [0.1, 0.15) is 23.9 Å². The summed E-state index contributed by atoms with van der Waals surface area (Å²) in [6, 6.07) is 0. The molecule has 0 aromatic carbocycles. The highest BCUT2D eigenvalue weighted by atomic mass is 32.1. The van der Waals surface area contributed by atoms with Crippen molar-refractivity contribution in [2.75, 3.05) is 5.32 Å². The van der Waals surface area contributed by atoms with Gasteiger partial charge in [0.25, 0.3) is 0 Å². The molecular formula is C9H14N4S. The Morgan fingerprint density at radius 2 is 2.50 bits per heavy atom. The molecule has 4 nitrogen and oxygen atoms in total. The van der Waals surface area contributed by atoms with Crippen molar-refractivity contribution in [1.29, 1.82) is 5.41 Å². The van der Waals surface area contributed by atoms with Crippen molar-refractivity contribution in [3.05, 3.63) is 10.6 Å². The van der Waals surface area contributed by atoms with Crippen LogP contribution in [0.2, 0.25) is 0 Å². The number of nitrogens with zero attached hydrogens (tertiary/aromatic N) is 1. The number of nitrogens with two attached hydrogens (primary N) is 1. The Balaban J connectivity index is 2.19. The standard InChI is InChI=1S/C9H14N4S/c1-5-2-3-7-6(4-5)12-9(14-7)13-8(10)11/h5H,2-4H2,1H3,(H4,10,11,12,13). The summed E-state index contributed by atoms with van der Waals surface area (Å²) in [4.78, 5) is 5.78. The maximum Gasteiger partial charge on any atom is 0.192 e. The van der Waals surface area contributed by atoms with Crippen LogP contribution in [0, 0.1) is 11.3 Å². The number of guanidine groups is 1. The van der Waals surface area contributed by atoms with Gasteiger partial charge in [-0.3, -0.25) is 5.41 Å². The highest BCUT2D eigenvalue weighted by molar-refractivity contribution is 7.15. The van der Waals surface area contributed by atoms with Crippen LogP contribution >= 0.6 is 11.3 Å². The summed E-state index contributed by atoms with van der Waals surface area (Å²) in [6.07, 6.45) is 3.42. The minimum Gasteiger partial charge on any atom is -0.370 e. The maximum absolute atomic E-state index is 7.11. The Kier molecular flexibility index (Phi) is 2.41. The van der Waals surface area contributed by atoms with E-state index in [0.717, 1.165) is 23.9 Å². The van der Waals surface area contributed by atoms with E-state index in [1.807, 2.05) is 0 Å². The van der Waals surface area contributed by atoms with Crippen LogP contribution in [0.5, 0.6) is 0 Å². The molecule has 0 saturated heterocycles.